The van der Waals surface area contributed by atoms with Crippen molar-refractivity contribution >= 4 is 23.5 Å². The maximum absolute atomic E-state index is 12.8. The fraction of sp³-hybridized carbons (Fsp3) is 0.879. The van der Waals surface area contributed by atoms with Crippen LogP contribution in [0.4, 0.5) is 0 Å². The van der Waals surface area contributed by atoms with Crippen LogP contribution in [0.25, 0.3) is 0 Å². The Morgan fingerprint density at radius 3 is 1.84 bits per heavy atom. The molecule has 0 aromatic carbocycles. The molecule has 17 nitrogen and oxygen atoms in total. The summed E-state index contributed by atoms with van der Waals surface area (Å²) in [5.74, 6) is -2.38. The average Bonchev–Trinajstić information content (AvgIpc) is 3.07. The van der Waals surface area contributed by atoms with Gasteiger partial charge in [-0.15, -0.1) is 0 Å². The Morgan fingerprint density at radius 2 is 1.26 bits per heavy atom. The minimum atomic E-state index is -1.49. The van der Waals surface area contributed by atoms with Crippen LogP contribution < -0.4 is 16.0 Å². The first-order valence-corrected chi connectivity index (χ1v) is 17.7. The third-order valence-corrected chi connectivity index (χ3v) is 9.01. The number of amides is 3. The Hall–Kier alpha value is -2.32. The van der Waals surface area contributed by atoms with Crippen LogP contribution in [0.1, 0.15) is 78.1 Å². The molecule has 1 aliphatic carbocycles. The third kappa shape index (κ3) is 15.1. The minimum absolute atomic E-state index is 0.00245. The van der Waals surface area contributed by atoms with Crippen LogP contribution in [0.2, 0.25) is 0 Å². The predicted octanol–water partition coefficient (Wildman–Crippen LogP) is -2.62. The molecule has 0 spiro atoms. The van der Waals surface area contributed by atoms with Crippen LogP contribution in [0.5, 0.6) is 0 Å². The van der Waals surface area contributed by atoms with Gasteiger partial charge in [-0.05, 0) is 38.5 Å². The molecule has 11 atom stereocenters. The summed E-state index contributed by atoms with van der Waals surface area (Å²) in [6, 6.07) is 0. The van der Waals surface area contributed by atoms with Crippen molar-refractivity contribution in [1.82, 2.24) is 16.0 Å². The van der Waals surface area contributed by atoms with Crippen LogP contribution in [-0.4, -0.2) is 154 Å². The molecule has 2 rings (SSSR count). The van der Waals surface area contributed by atoms with Gasteiger partial charge in [-0.2, -0.15) is 0 Å². The lowest BCUT2D eigenvalue weighted by atomic mass is 9.81. The first-order valence-electron chi connectivity index (χ1n) is 17.7. The molecule has 17 heteroatoms. The normalized spacial score (nSPS) is 30.3. The molecule has 290 valence electrons. The maximum Gasteiger partial charge on any atom is 0.220 e. The zero-order valence-electron chi connectivity index (χ0n) is 29.2. The highest BCUT2D eigenvalue weighted by atomic mass is 16.7. The highest BCUT2D eigenvalue weighted by Gasteiger charge is 2.43. The van der Waals surface area contributed by atoms with E-state index in [2.05, 4.69) is 16.0 Å². The van der Waals surface area contributed by atoms with E-state index in [1.54, 1.807) is 0 Å². The molecule has 2 fully saturated rings. The summed E-state index contributed by atoms with van der Waals surface area (Å²) in [5, 5.41) is 77.5. The Morgan fingerprint density at radius 1 is 0.700 bits per heavy atom. The molecule has 50 heavy (non-hydrogen) atoms. The monoisotopic (exact) mass is 721 g/mol. The second-order valence-electron chi connectivity index (χ2n) is 13.2. The molecule has 0 bridgehead atoms. The standard InChI is InChI=1S/C33H59N3O14/c1-3-7-22(38)8-5-4-6-9-34-24(39)14-20(16-26(41)36-11-13-49-33-32(47)30(45)27(42)19(2)50-33)15-25(40)35-10-12-48-23-17-21(18-37)28(43)31(46)29(23)44/h19-21,23,27-33,37,42-47H,3-18H2,1-2H3,(H,34,39)(H,35,40)(H,36,41)/t19-,20?,21+,23+,27+,28+,29+,30+,31-,32-,33+/m0/s1. The van der Waals surface area contributed by atoms with Crippen LogP contribution in [0.15, 0.2) is 0 Å². The minimum Gasteiger partial charge on any atom is -0.396 e. The maximum atomic E-state index is 12.8. The van der Waals surface area contributed by atoms with Gasteiger partial charge in [0.05, 0.1) is 31.5 Å². The highest BCUT2D eigenvalue weighted by molar-refractivity contribution is 5.82. The van der Waals surface area contributed by atoms with E-state index in [0.29, 0.717) is 25.8 Å². The number of rotatable bonds is 23. The van der Waals surface area contributed by atoms with Gasteiger partial charge in [0.15, 0.2) is 6.29 Å². The topological polar surface area (TPSA) is 274 Å². The number of hydrogen-bond acceptors (Lipinski definition) is 14. The van der Waals surface area contributed by atoms with Gasteiger partial charge in [-0.1, -0.05) is 13.3 Å². The van der Waals surface area contributed by atoms with Crippen LogP contribution in [0.3, 0.4) is 0 Å². The van der Waals surface area contributed by atoms with Gasteiger partial charge in [0.25, 0.3) is 0 Å². The van der Waals surface area contributed by atoms with E-state index in [1.165, 1.54) is 6.92 Å². The lowest BCUT2D eigenvalue weighted by Gasteiger charge is -2.39. The average molecular weight is 722 g/mol. The van der Waals surface area contributed by atoms with Crippen molar-refractivity contribution < 1.29 is 69.1 Å². The second-order valence-corrected chi connectivity index (χ2v) is 13.2. The highest BCUT2D eigenvalue weighted by Crippen LogP contribution is 2.27. The number of ketones is 1. The fourth-order valence-electron chi connectivity index (χ4n) is 6.02. The number of ether oxygens (including phenoxy) is 3. The number of hydrogen-bond donors (Lipinski definition) is 10. The molecule has 0 aromatic rings. The van der Waals surface area contributed by atoms with Crippen molar-refractivity contribution in [1.29, 1.82) is 0 Å². The predicted molar refractivity (Wildman–Crippen MR) is 176 cm³/mol. The van der Waals surface area contributed by atoms with E-state index >= 15 is 0 Å². The molecule has 1 saturated carbocycles. The summed E-state index contributed by atoms with van der Waals surface area (Å²) in [7, 11) is 0. The summed E-state index contributed by atoms with van der Waals surface area (Å²) in [5.41, 5.74) is 0. The van der Waals surface area contributed by atoms with Gasteiger partial charge >= 0.3 is 0 Å². The summed E-state index contributed by atoms with van der Waals surface area (Å²) < 4.78 is 16.4. The largest absolute Gasteiger partial charge is 0.396 e. The molecular formula is C33H59N3O14. The Kier molecular flexibility index (Phi) is 20.4. The van der Waals surface area contributed by atoms with Crippen molar-refractivity contribution in [2.75, 3.05) is 39.5 Å². The van der Waals surface area contributed by atoms with Gasteiger partial charge in [0.1, 0.15) is 36.3 Å². The second kappa shape index (κ2) is 23.3. The number of aliphatic hydroxyl groups excluding tert-OH is 7. The number of carbonyl (C=O) groups excluding carboxylic acids is 4. The first kappa shape index (κ1) is 43.8. The van der Waals surface area contributed by atoms with E-state index in [4.69, 9.17) is 14.2 Å². The Bertz CT molecular complexity index is 1040. The van der Waals surface area contributed by atoms with Crippen molar-refractivity contribution in [3.8, 4) is 0 Å². The third-order valence-electron chi connectivity index (χ3n) is 9.01. The lowest BCUT2D eigenvalue weighted by Crippen LogP contribution is -2.57. The van der Waals surface area contributed by atoms with E-state index in [1.807, 2.05) is 6.92 Å². The summed E-state index contributed by atoms with van der Waals surface area (Å²) in [6.45, 7) is 3.33. The summed E-state index contributed by atoms with van der Waals surface area (Å²) >= 11 is 0. The number of carbonyl (C=O) groups is 4. The molecule has 1 aliphatic heterocycles. The van der Waals surface area contributed by atoms with E-state index < -0.39 is 85.4 Å². The fourth-order valence-corrected chi connectivity index (χ4v) is 6.02. The molecular weight excluding hydrogens is 662 g/mol. The lowest BCUT2D eigenvalue weighted by molar-refractivity contribution is -0.292. The molecule has 0 radical (unpaired) electrons. The molecule has 10 N–H and O–H groups in total. The molecule has 1 heterocycles. The Balaban J connectivity index is 1.82. The first-order chi connectivity index (χ1) is 23.8. The molecule has 1 saturated heterocycles. The molecule has 1 unspecified atom stereocenters. The van der Waals surface area contributed by atoms with Gasteiger partial charge in [0, 0.05) is 64.3 Å². The van der Waals surface area contributed by atoms with Crippen molar-refractivity contribution in [3.63, 3.8) is 0 Å². The zero-order valence-corrected chi connectivity index (χ0v) is 29.2. The number of aliphatic hydroxyl groups is 7. The van der Waals surface area contributed by atoms with Crippen molar-refractivity contribution in [3.05, 3.63) is 0 Å². The van der Waals surface area contributed by atoms with Crippen molar-refractivity contribution in [2.24, 2.45) is 11.8 Å². The van der Waals surface area contributed by atoms with Crippen molar-refractivity contribution in [2.45, 2.75) is 133 Å². The molecule has 3 amide bonds. The quantitative estimate of drug-likeness (QED) is 0.0484. The SMILES string of the molecule is CCCC(=O)CCCCCNC(=O)CC(CC(=O)NCCO[C@@H]1O[C@@H](C)[C@@H](O)[C@@H](O)[C@@H]1O)CC(=O)NCCO[C@@H]1C[C@H](CO)[C@@H](O)[C@H](O)[C@@H]1O. The smallest absolute Gasteiger partial charge is 0.220 e. The van der Waals surface area contributed by atoms with E-state index in [-0.39, 0.29) is 63.7 Å². The van der Waals surface area contributed by atoms with Crippen LogP contribution >= 0.6 is 0 Å². The van der Waals surface area contributed by atoms with Gasteiger partial charge in [-0.25, -0.2) is 0 Å². The number of unbranched alkanes of at least 4 members (excludes halogenated alkanes) is 2. The van der Waals surface area contributed by atoms with Gasteiger partial charge < -0.3 is 65.9 Å². The zero-order chi connectivity index (χ0) is 37.2. The Labute approximate surface area is 293 Å². The number of Topliss-reactive ketones (excluding diaryl/α,β-unsaturated/α-hetero) is 1. The summed E-state index contributed by atoms with van der Waals surface area (Å²) in [4.78, 5) is 50.0. The van der Waals surface area contributed by atoms with E-state index in [0.717, 1.165) is 19.3 Å². The van der Waals surface area contributed by atoms with E-state index in [9.17, 15) is 54.9 Å². The molecule has 0 aromatic heterocycles. The van der Waals surface area contributed by atoms with Gasteiger partial charge in [-0.3, -0.25) is 19.2 Å². The van der Waals surface area contributed by atoms with Gasteiger partial charge in [0.2, 0.25) is 17.7 Å². The van der Waals surface area contributed by atoms with Crippen LogP contribution in [-0.2, 0) is 33.4 Å². The molecule has 2 aliphatic rings. The van der Waals surface area contributed by atoms with Crippen LogP contribution in [0, 0.1) is 11.8 Å². The summed E-state index contributed by atoms with van der Waals surface area (Å²) in [6.07, 6.45) is -7.50. The number of nitrogens with one attached hydrogen (secondary N) is 3.